The number of rotatable bonds is 6. The van der Waals surface area contributed by atoms with Crippen LogP contribution in [0.4, 0.5) is 9.18 Å². The Morgan fingerprint density at radius 1 is 1.21 bits per heavy atom. The largest absolute Gasteiger partial charge is 0.465 e. The molecule has 33 heavy (non-hydrogen) atoms. The van der Waals surface area contributed by atoms with Crippen LogP contribution in [0.2, 0.25) is 0 Å². The molecule has 0 aromatic carbocycles. The Morgan fingerprint density at radius 3 is 2.39 bits per heavy atom. The minimum Gasteiger partial charge on any atom is -0.465 e. The van der Waals surface area contributed by atoms with Crippen molar-refractivity contribution >= 4 is 17.1 Å². The normalized spacial score (nSPS) is 19.2. The second kappa shape index (κ2) is 9.62. The van der Waals surface area contributed by atoms with Crippen molar-refractivity contribution in [2.45, 2.75) is 77.0 Å². The molecule has 1 amide bonds. The van der Waals surface area contributed by atoms with E-state index in [9.17, 15) is 23.9 Å². The Morgan fingerprint density at radius 2 is 1.85 bits per heavy atom. The Balaban J connectivity index is 1.97. The van der Waals surface area contributed by atoms with Crippen LogP contribution in [0.25, 0.3) is 11.0 Å². The lowest BCUT2D eigenvalue weighted by Crippen LogP contribution is -2.53. The molecule has 2 aromatic heterocycles. The lowest BCUT2D eigenvalue weighted by molar-refractivity contribution is 0.0506. The number of carbonyl (C=O) groups is 1. The zero-order valence-electron chi connectivity index (χ0n) is 20.0. The predicted molar refractivity (Wildman–Crippen MR) is 124 cm³/mol. The quantitative estimate of drug-likeness (QED) is 0.707. The Hall–Kier alpha value is -2.75. The van der Waals surface area contributed by atoms with Gasteiger partial charge in [-0.1, -0.05) is 0 Å². The van der Waals surface area contributed by atoms with Crippen LogP contribution in [0.3, 0.4) is 0 Å². The minimum absolute atomic E-state index is 0.0865. The van der Waals surface area contributed by atoms with E-state index in [1.165, 1.54) is 14.0 Å². The molecule has 3 rings (SSSR count). The summed E-state index contributed by atoms with van der Waals surface area (Å²) in [7, 11) is 3.87. The molecule has 2 heterocycles. The number of fused-ring (bicyclic) bond motifs is 1. The van der Waals surface area contributed by atoms with Crippen LogP contribution in [-0.4, -0.2) is 67.3 Å². The van der Waals surface area contributed by atoms with Gasteiger partial charge in [-0.25, -0.2) is 19.0 Å². The van der Waals surface area contributed by atoms with Gasteiger partial charge in [0.15, 0.2) is 0 Å². The zero-order valence-corrected chi connectivity index (χ0v) is 20.0. The van der Waals surface area contributed by atoms with Crippen LogP contribution in [0, 0.1) is 5.82 Å². The van der Waals surface area contributed by atoms with Gasteiger partial charge in [0.25, 0.3) is 5.56 Å². The smallest absolute Gasteiger partial charge is 0.407 e. The monoisotopic (exact) mass is 463 g/mol. The summed E-state index contributed by atoms with van der Waals surface area (Å²) in [6.45, 7) is 6.68. The molecule has 1 aliphatic rings. The van der Waals surface area contributed by atoms with E-state index in [1.807, 2.05) is 39.8 Å². The van der Waals surface area contributed by atoms with Gasteiger partial charge in [0.2, 0.25) is 0 Å². The first kappa shape index (κ1) is 24.9. The van der Waals surface area contributed by atoms with E-state index in [-0.39, 0.29) is 23.1 Å². The summed E-state index contributed by atoms with van der Waals surface area (Å²) in [5.74, 6) is -0.629. The van der Waals surface area contributed by atoms with E-state index < -0.39 is 28.7 Å². The fourth-order valence-electron chi connectivity index (χ4n) is 4.88. The van der Waals surface area contributed by atoms with Crippen molar-refractivity contribution in [2.75, 3.05) is 20.6 Å². The fraction of sp³-hybridized carbons (Fsp3) is 0.652. The van der Waals surface area contributed by atoms with E-state index in [4.69, 9.17) is 0 Å². The number of hydrogen-bond donors (Lipinski definition) is 1. The Bertz CT molecular complexity index is 1130. The van der Waals surface area contributed by atoms with Gasteiger partial charge in [-0.3, -0.25) is 13.9 Å². The molecule has 0 spiro atoms. The lowest BCUT2D eigenvalue weighted by atomic mass is 9.88. The van der Waals surface area contributed by atoms with Crippen molar-refractivity contribution < 1.29 is 14.3 Å². The molecule has 182 valence electrons. The van der Waals surface area contributed by atoms with Gasteiger partial charge in [-0.05, 0) is 79.6 Å². The van der Waals surface area contributed by atoms with E-state index in [1.54, 1.807) is 0 Å². The third-order valence-electron chi connectivity index (χ3n) is 6.29. The van der Waals surface area contributed by atoms with Gasteiger partial charge in [-0.2, -0.15) is 0 Å². The molecule has 10 heteroatoms. The lowest BCUT2D eigenvalue weighted by Gasteiger charge is -2.42. The van der Waals surface area contributed by atoms with Gasteiger partial charge in [-0.15, -0.1) is 0 Å². The maximum Gasteiger partial charge on any atom is 0.407 e. The molecule has 0 bridgehead atoms. The minimum atomic E-state index is -0.974. The summed E-state index contributed by atoms with van der Waals surface area (Å²) in [4.78, 5) is 46.0. The van der Waals surface area contributed by atoms with Crippen LogP contribution in [0.5, 0.6) is 0 Å². The Labute approximate surface area is 192 Å². The highest BCUT2D eigenvalue weighted by Crippen LogP contribution is 2.33. The van der Waals surface area contributed by atoms with Gasteiger partial charge in [0.05, 0.1) is 11.6 Å². The summed E-state index contributed by atoms with van der Waals surface area (Å²) in [5.41, 5.74) is -1.34. The standard InChI is InChI=1S/C23H34FN5O4/c1-23(2,3)29(22(32)33)17-9-7-16(8-10-17)28-20(30)18-13-15(24)14-25-19(18)27(21(28)31)12-6-11-26(4)5/h13-14,16-17H,6-12H2,1-5H3,(H,32,33). The van der Waals surface area contributed by atoms with Crippen molar-refractivity contribution in [3.63, 3.8) is 0 Å². The Kier molecular flexibility index (Phi) is 7.26. The molecular formula is C23H34FN5O4. The molecule has 1 saturated carbocycles. The number of nitrogens with zero attached hydrogens (tertiary/aromatic N) is 5. The number of halogens is 1. The van der Waals surface area contributed by atoms with Crippen LogP contribution >= 0.6 is 0 Å². The van der Waals surface area contributed by atoms with Gasteiger partial charge < -0.3 is 14.9 Å². The molecule has 0 aliphatic heterocycles. The number of hydrogen-bond acceptors (Lipinski definition) is 5. The predicted octanol–water partition coefficient (Wildman–Crippen LogP) is 2.91. The summed E-state index contributed by atoms with van der Waals surface area (Å²) in [5, 5.41) is 9.79. The third kappa shape index (κ3) is 5.26. The van der Waals surface area contributed by atoms with Gasteiger partial charge in [0.1, 0.15) is 11.5 Å². The first-order valence-electron chi connectivity index (χ1n) is 11.4. The van der Waals surface area contributed by atoms with E-state index in [0.717, 1.165) is 18.8 Å². The highest BCUT2D eigenvalue weighted by Gasteiger charge is 2.36. The van der Waals surface area contributed by atoms with E-state index >= 15 is 0 Å². The first-order valence-corrected chi connectivity index (χ1v) is 11.4. The summed E-state index contributed by atoms with van der Waals surface area (Å²) in [6.07, 6.45) is 2.79. The average molecular weight is 464 g/mol. The molecule has 2 aromatic rings. The number of carboxylic acid groups (broad SMARTS) is 1. The van der Waals surface area contributed by atoms with E-state index in [2.05, 4.69) is 4.98 Å². The average Bonchev–Trinajstić information content (AvgIpc) is 2.70. The second-order valence-electron chi connectivity index (χ2n) is 10.1. The second-order valence-corrected chi connectivity index (χ2v) is 10.1. The molecular weight excluding hydrogens is 429 g/mol. The van der Waals surface area contributed by atoms with Crippen molar-refractivity contribution in [3.05, 3.63) is 38.9 Å². The van der Waals surface area contributed by atoms with Crippen LogP contribution < -0.4 is 11.2 Å². The topological polar surface area (TPSA) is 101 Å². The summed E-state index contributed by atoms with van der Waals surface area (Å²) >= 11 is 0. The van der Waals surface area contributed by atoms with Crippen molar-refractivity contribution in [1.29, 1.82) is 0 Å². The van der Waals surface area contributed by atoms with Gasteiger partial charge in [0, 0.05) is 24.2 Å². The molecule has 0 unspecified atom stereocenters. The molecule has 1 N–H and O–H groups in total. The number of pyridine rings is 1. The SMILES string of the molecule is CN(C)CCCn1c(=O)n(C2CCC(N(C(=O)O)C(C)(C)C)CC2)c(=O)c2cc(F)cnc21. The first-order chi connectivity index (χ1) is 15.4. The number of aryl methyl sites for hydroxylation is 1. The maximum absolute atomic E-state index is 13.9. The molecule has 1 aliphatic carbocycles. The number of amides is 1. The maximum atomic E-state index is 13.9. The van der Waals surface area contributed by atoms with Crippen molar-refractivity contribution in [3.8, 4) is 0 Å². The van der Waals surface area contributed by atoms with Crippen LogP contribution in [0.1, 0.15) is 58.9 Å². The highest BCUT2D eigenvalue weighted by atomic mass is 19.1. The third-order valence-corrected chi connectivity index (χ3v) is 6.29. The molecule has 0 atom stereocenters. The fourth-order valence-corrected chi connectivity index (χ4v) is 4.88. The van der Waals surface area contributed by atoms with Crippen molar-refractivity contribution in [2.24, 2.45) is 0 Å². The molecule has 0 radical (unpaired) electrons. The summed E-state index contributed by atoms with van der Waals surface area (Å²) < 4.78 is 16.6. The number of aromatic nitrogens is 3. The van der Waals surface area contributed by atoms with Crippen molar-refractivity contribution in [1.82, 2.24) is 23.9 Å². The van der Waals surface area contributed by atoms with E-state index in [0.29, 0.717) is 38.6 Å². The summed E-state index contributed by atoms with van der Waals surface area (Å²) in [6, 6.07) is 0.585. The highest BCUT2D eigenvalue weighted by molar-refractivity contribution is 5.73. The van der Waals surface area contributed by atoms with Crippen LogP contribution in [-0.2, 0) is 6.54 Å². The zero-order chi connectivity index (χ0) is 24.5. The van der Waals surface area contributed by atoms with Gasteiger partial charge >= 0.3 is 11.8 Å². The molecule has 1 fully saturated rings. The molecule has 0 saturated heterocycles. The molecule has 9 nitrogen and oxygen atoms in total. The van der Waals surface area contributed by atoms with Crippen LogP contribution in [0.15, 0.2) is 21.9 Å².